The Morgan fingerprint density at radius 1 is 1.27 bits per heavy atom. The molecule has 2 nitrogen and oxygen atoms in total. The standard InChI is InChI=1S/C9H16O2/c1-5-6(2)9-10-7(3)8(4)11-9/h7-8H,5H2,1-4H3. The summed E-state index contributed by atoms with van der Waals surface area (Å²) >= 11 is 0. The molecule has 0 amide bonds. The van der Waals surface area contributed by atoms with Crippen LogP contribution >= 0.6 is 0 Å². The maximum atomic E-state index is 5.48. The Balaban J connectivity index is 2.66. The van der Waals surface area contributed by atoms with Gasteiger partial charge in [0.15, 0.2) is 0 Å². The third kappa shape index (κ3) is 1.67. The van der Waals surface area contributed by atoms with Gasteiger partial charge in [0.25, 0.3) is 5.95 Å². The monoisotopic (exact) mass is 156 g/mol. The van der Waals surface area contributed by atoms with Gasteiger partial charge in [-0.1, -0.05) is 6.92 Å². The molecule has 64 valence electrons. The van der Waals surface area contributed by atoms with Gasteiger partial charge in [0, 0.05) is 5.57 Å². The highest BCUT2D eigenvalue weighted by Crippen LogP contribution is 2.24. The van der Waals surface area contributed by atoms with E-state index >= 15 is 0 Å². The first kappa shape index (κ1) is 8.44. The SMILES string of the molecule is CCC(C)=C1OC(C)C(C)O1. The van der Waals surface area contributed by atoms with E-state index in [1.807, 2.05) is 20.8 Å². The summed E-state index contributed by atoms with van der Waals surface area (Å²) < 4.78 is 11.0. The second-order valence-electron chi connectivity index (χ2n) is 3.07. The van der Waals surface area contributed by atoms with Crippen LogP contribution < -0.4 is 0 Å². The second kappa shape index (κ2) is 3.16. The Bertz CT molecular complexity index is 160. The molecular formula is C9H16O2. The van der Waals surface area contributed by atoms with E-state index in [0.29, 0.717) is 0 Å². The van der Waals surface area contributed by atoms with Gasteiger partial charge in [0.05, 0.1) is 0 Å². The van der Waals surface area contributed by atoms with Gasteiger partial charge in [-0.25, -0.2) is 0 Å². The Labute approximate surface area is 68.2 Å². The molecule has 1 fully saturated rings. The van der Waals surface area contributed by atoms with Crippen molar-refractivity contribution in [3.05, 3.63) is 11.5 Å². The lowest BCUT2D eigenvalue weighted by Gasteiger charge is -2.01. The molecule has 1 saturated heterocycles. The minimum Gasteiger partial charge on any atom is -0.459 e. The number of hydrogen-bond acceptors (Lipinski definition) is 2. The Kier molecular flexibility index (Phi) is 2.42. The van der Waals surface area contributed by atoms with Crippen molar-refractivity contribution in [2.45, 2.75) is 46.3 Å². The zero-order chi connectivity index (χ0) is 8.43. The van der Waals surface area contributed by atoms with Crippen molar-refractivity contribution < 1.29 is 9.47 Å². The van der Waals surface area contributed by atoms with Crippen molar-refractivity contribution in [3.8, 4) is 0 Å². The fourth-order valence-electron chi connectivity index (χ4n) is 0.903. The van der Waals surface area contributed by atoms with Crippen molar-refractivity contribution in [3.63, 3.8) is 0 Å². The fraction of sp³-hybridized carbons (Fsp3) is 0.778. The van der Waals surface area contributed by atoms with E-state index < -0.39 is 0 Å². The molecule has 0 aliphatic carbocycles. The predicted octanol–water partition coefficient (Wildman–Crippen LogP) is 2.45. The van der Waals surface area contributed by atoms with Crippen LogP contribution in [0.3, 0.4) is 0 Å². The summed E-state index contributed by atoms with van der Waals surface area (Å²) in [4.78, 5) is 0. The molecule has 0 aromatic heterocycles. The first-order valence-electron chi connectivity index (χ1n) is 4.18. The van der Waals surface area contributed by atoms with Gasteiger partial charge in [-0.3, -0.25) is 0 Å². The molecule has 0 spiro atoms. The first-order valence-corrected chi connectivity index (χ1v) is 4.18. The third-order valence-corrected chi connectivity index (χ3v) is 2.13. The molecule has 2 atom stereocenters. The van der Waals surface area contributed by atoms with Gasteiger partial charge in [-0.2, -0.15) is 0 Å². The number of rotatable bonds is 1. The molecule has 11 heavy (non-hydrogen) atoms. The van der Waals surface area contributed by atoms with Gasteiger partial charge < -0.3 is 9.47 Å². The zero-order valence-electron chi connectivity index (χ0n) is 7.68. The van der Waals surface area contributed by atoms with Gasteiger partial charge in [0.2, 0.25) is 0 Å². The van der Waals surface area contributed by atoms with Crippen LogP contribution in [-0.4, -0.2) is 12.2 Å². The molecule has 0 radical (unpaired) electrons. The molecule has 2 unspecified atom stereocenters. The van der Waals surface area contributed by atoms with Crippen LogP contribution in [-0.2, 0) is 9.47 Å². The van der Waals surface area contributed by atoms with Crippen LogP contribution in [0.15, 0.2) is 11.5 Å². The number of ether oxygens (including phenoxy) is 2. The van der Waals surface area contributed by atoms with Gasteiger partial charge in [-0.15, -0.1) is 0 Å². The minimum atomic E-state index is 0.200. The van der Waals surface area contributed by atoms with E-state index in [9.17, 15) is 0 Å². The van der Waals surface area contributed by atoms with Crippen LogP contribution in [0.1, 0.15) is 34.1 Å². The highest BCUT2D eigenvalue weighted by molar-refractivity contribution is 5.02. The van der Waals surface area contributed by atoms with Crippen molar-refractivity contribution in [2.75, 3.05) is 0 Å². The van der Waals surface area contributed by atoms with Crippen molar-refractivity contribution in [1.82, 2.24) is 0 Å². The lowest BCUT2D eigenvalue weighted by Crippen LogP contribution is -2.13. The molecule has 1 heterocycles. The average Bonchev–Trinajstić information content (AvgIpc) is 2.31. The summed E-state index contributed by atoms with van der Waals surface area (Å²) in [7, 11) is 0. The molecule has 1 rings (SSSR count). The first-order chi connectivity index (χ1) is 5.15. The normalized spacial score (nSPS) is 29.6. The van der Waals surface area contributed by atoms with Crippen molar-refractivity contribution >= 4 is 0 Å². The van der Waals surface area contributed by atoms with Crippen LogP contribution in [0.5, 0.6) is 0 Å². The van der Waals surface area contributed by atoms with Gasteiger partial charge >= 0.3 is 0 Å². The summed E-state index contributed by atoms with van der Waals surface area (Å²) in [6, 6.07) is 0. The van der Waals surface area contributed by atoms with Gasteiger partial charge in [0.1, 0.15) is 12.2 Å². The smallest absolute Gasteiger partial charge is 0.278 e. The van der Waals surface area contributed by atoms with Crippen molar-refractivity contribution in [2.24, 2.45) is 0 Å². The maximum Gasteiger partial charge on any atom is 0.278 e. The molecule has 1 aliphatic heterocycles. The van der Waals surface area contributed by atoms with E-state index in [1.165, 1.54) is 5.57 Å². The summed E-state index contributed by atoms with van der Waals surface area (Å²) in [5, 5.41) is 0. The second-order valence-corrected chi connectivity index (χ2v) is 3.07. The van der Waals surface area contributed by atoms with Crippen LogP contribution in [0.4, 0.5) is 0 Å². The Hall–Kier alpha value is -0.660. The zero-order valence-corrected chi connectivity index (χ0v) is 7.68. The van der Waals surface area contributed by atoms with E-state index in [1.54, 1.807) is 0 Å². The lowest BCUT2D eigenvalue weighted by atomic mass is 10.2. The van der Waals surface area contributed by atoms with E-state index in [4.69, 9.17) is 9.47 Å². The van der Waals surface area contributed by atoms with Crippen LogP contribution in [0.2, 0.25) is 0 Å². The Morgan fingerprint density at radius 3 is 2.09 bits per heavy atom. The molecule has 0 N–H and O–H groups in total. The van der Waals surface area contributed by atoms with Crippen LogP contribution in [0, 0.1) is 0 Å². The van der Waals surface area contributed by atoms with E-state index in [0.717, 1.165) is 12.4 Å². The quantitative estimate of drug-likeness (QED) is 0.580. The molecule has 0 aromatic rings. The Morgan fingerprint density at radius 2 is 1.73 bits per heavy atom. The van der Waals surface area contributed by atoms with Crippen molar-refractivity contribution in [1.29, 1.82) is 0 Å². The molecule has 1 aliphatic rings. The van der Waals surface area contributed by atoms with Gasteiger partial charge in [-0.05, 0) is 27.2 Å². The minimum absolute atomic E-state index is 0.200. The van der Waals surface area contributed by atoms with E-state index in [2.05, 4.69) is 6.92 Å². The topological polar surface area (TPSA) is 18.5 Å². The summed E-state index contributed by atoms with van der Waals surface area (Å²) in [6.07, 6.45) is 1.40. The summed E-state index contributed by atoms with van der Waals surface area (Å²) in [6.45, 7) is 8.20. The largest absolute Gasteiger partial charge is 0.459 e. The third-order valence-electron chi connectivity index (χ3n) is 2.13. The van der Waals surface area contributed by atoms with E-state index in [-0.39, 0.29) is 12.2 Å². The molecular weight excluding hydrogens is 140 g/mol. The summed E-state index contributed by atoms with van der Waals surface area (Å²) in [5.74, 6) is 0.743. The van der Waals surface area contributed by atoms with Crippen LogP contribution in [0.25, 0.3) is 0 Å². The highest BCUT2D eigenvalue weighted by Gasteiger charge is 2.26. The average molecular weight is 156 g/mol. The predicted molar refractivity (Wildman–Crippen MR) is 44.1 cm³/mol. The number of allylic oxidation sites excluding steroid dienone is 1. The maximum absolute atomic E-state index is 5.48. The molecule has 0 aromatic carbocycles. The highest BCUT2D eigenvalue weighted by atomic mass is 16.7. The fourth-order valence-corrected chi connectivity index (χ4v) is 0.903. The number of hydrogen-bond donors (Lipinski definition) is 0. The molecule has 0 bridgehead atoms. The summed E-state index contributed by atoms with van der Waals surface area (Å²) in [5.41, 5.74) is 1.20. The molecule has 0 saturated carbocycles. The molecule has 2 heteroatoms. The lowest BCUT2D eigenvalue weighted by molar-refractivity contribution is 0.139.